The van der Waals surface area contributed by atoms with Gasteiger partial charge in [-0.2, -0.15) is 4.98 Å². The van der Waals surface area contributed by atoms with Crippen molar-refractivity contribution in [3.05, 3.63) is 11.5 Å². The first-order valence-electron chi connectivity index (χ1n) is 7.21. The Morgan fingerprint density at radius 2 is 2.40 bits per heavy atom. The zero-order valence-corrected chi connectivity index (χ0v) is 12.4. The van der Waals surface area contributed by atoms with Crippen molar-refractivity contribution in [1.29, 1.82) is 0 Å². The summed E-state index contributed by atoms with van der Waals surface area (Å²) < 4.78 is 9.38. The molecule has 1 aliphatic rings. The lowest BCUT2D eigenvalue weighted by Crippen LogP contribution is -2.31. The maximum absolute atomic E-state index is 5.39. The van der Waals surface area contributed by atoms with E-state index in [0.29, 0.717) is 11.8 Å². The fraction of sp³-hybridized carbons (Fsp3) is 0.692. The van der Waals surface area contributed by atoms with Gasteiger partial charge >= 0.3 is 0 Å². The fourth-order valence-corrected chi connectivity index (χ4v) is 3.19. The van der Waals surface area contributed by atoms with Gasteiger partial charge in [0.15, 0.2) is 5.82 Å². The van der Waals surface area contributed by atoms with Gasteiger partial charge in [0.1, 0.15) is 4.88 Å². The van der Waals surface area contributed by atoms with E-state index in [0.717, 1.165) is 48.7 Å². The Kier molecular flexibility index (Phi) is 4.37. The topological polar surface area (TPSA) is 76.7 Å². The van der Waals surface area contributed by atoms with Crippen LogP contribution in [-0.4, -0.2) is 32.8 Å². The Morgan fingerprint density at radius 3 is 3.20 bits per heavy atom. The van der Waals surface area contributed by atoms with Crippen LogP contribution in [0.2, 0.25) is 0 Å². The maximum Gasteiger partial charge on any atom is 0.271 e. The average Bonchev–Trinajstić information content (AvgIpc) is 3.09. The molecule has 1 fully saturated rings. The molecule has 0 aromatic carbocycles. The third-order valence-electron chi connectivity index (χ3n) is 3.58. The van der Waals surface area contributed by atoms with Crippen molar-refractivity contribution >= 4 is 11.5 Å². The van der Waals surface area contributed by atoms with Crippen LogP contribution in [0.15, 0.2) is 4.52 Å². The molecule has 20 heavy (non-hydrogen) atoms. The normalized spacial score (nSPS) is 19.4. The van der Waals surface area contributed by atoms with Crippen molar-refractivity contribution in [3.63, 3.8) is 0 Å². The van der Waals surface area contributed by atoms with Crippen LogP contribution in [0.25, 0.3) is 10.8 Å². The van der Waals surface area contributed by atoms with E-state index < -0.39 is 0 Å². The first-order chi connectivity index (χ1) is 9.86. The molecule has 2 aromatic rings. The molecule has 1 N–H and O–H groups in total. The lowest BCUT2D eigenvalue weighted by molar-refractivity contribution is 0.360. The number of nitrogens with one attached hydrogen (secondary N) is 1. The highest BCUT2D eigenvalue weighted by Gasteiger charge is 2.20. The van der Waals surface area contributed by atoms with E-state index in [1.165, 1.54) is 24.4 Å². The summed E-state index contributed by atoms with van der Waals surface area (Å²) >= 11 is 1.33. The molecule has 2 aromatic heterocycles. The van der Waals surface area contributed by atoms with Gasteiger partial charge < -0.3 is 9.84 Å². The summed E-state index contributed by atoms with van der Waals surface area (Å²) in [5, 5.41) is 11.7. The highest BCUT2D eigenvalue weighted by atomic mass is 32.1. The minimum atomic E-state index is 0.571. The molecule has 6 nitrogen and oxygen atoms in total. The standard InChI is InChI=1S/C13H19N5OS/c1-2-4-10-12(20-18-16-10)13-15-11(17-19-13)7-9-5-3-6-14-8-9/h9,14H,2-8H2,1H3. The van der Waals surface area contributed by atoms with E-state index in [4.69, 9.17) is 4.52 Å². The minimum absolute atomic E-state index is 0.571. The number of hydrogen-bond acceptors (Lipinski definition) is 7. The summed E-state index contributed by atoms with van der Waals surface area (Å²) in [6, 6.07) is 0. The molecule has 7 heteroatoms. The lowest BCUT2D eigenvalue weighted by atomic mass is 9.96. The van der Waals surface area contributed by atoms with E-state index in [-0.39, 0.29) is 0 Å². The van der Waals surface area contributed by atoms with E-state index in [9.17, 15) is 0 Å². The molecule has 0 saturated carbocycles. The van der Waals surface area contributed by atoms with Crippen LogP contribution in [0.3, 0.4) is 0 Å². The second-order valence-corrected chi connectivity index (χ2v) is 5.99. The van der Waals surface area contributed by atoms with Gasteiger partial charge in [0, 0.05) is 6.42 Å². The van der Waals surface area contributed by atoms with Crippen LogP contribution in [0.1, 0.15) is 37.7 Å². The maximum atomic E-state index is 5.39. The van der Waals surface area contributed by atoms with Crippen LogP contribution in [0.4, 0.5) is 0 Å². The molecule has 1 saturated heterocycles. The second-order valence-electron chi connectivity index (χ2n) is 5.23. The molecule has 0 amide bonds. The van der Waals surface area contributed by atoms with Gasteiger partial charge in [0.2, 0.25) is 0 Å². The number of hydrogen-bond donors (Lipinski definition) is 1. The quantitative estimate of drug-likeness (QED) is 0.909. The fourth-order valence-electron chi connectivity index (χ4n) is 2.56. The molecule has 3 heterocycles. The highest BCUT2D eigenvalue weighted by Crippen LogP contribution is 2.26. The number of piperidine rings is 1. The Bertz CT molecular complexity index is 546. The van der Waals surface area contributed by atoms with E-state index in [1.54, 1.807) is 0 Å². The second kappa shape index (κ2) is 6.41. The van der Waals surface area contributed by atoms with E-state index in [2.05, 4.69) is 32.0 Å². The van der Waals surface area contributed by atoms with Crippen molar-refractivity contribution in [2.45, 2.75) is 39.0 Å². The SMILES string of the molecule is CCCc1nnsc1-c1nc(CC2CCCNC2)no1. The molecule has 108 valence electrons. The molecule has 0 radical (unpaired) electrons. The monoisotopic (exact) mass is 293 g/mol. The van der Waals surface area contributed by atoms with Crippen molar-refractivity contribution < 1.29 is 4.52 Å². The van der Waals surface area contributed by atoms with Crippen molar-refractivity contribution in [1.82, 2.24) is 25.0 Å². The summed E-state index contributed by atoms with van der Waals surface area (Å²) in [7, 11) is 0. The lowest BCUT2D eigenvalue weighted by Gasteiger charge is -2.20. The molecule has 1 atom stereocenters. The first kappa shape index (κ1) is 13.6. The van der Waals surface area contributed by atoms with Gasteiger partial charge in [-0.3, -0.25) is 0 Å². The molecule has 1 aliphatic heterocycles. The molecule has 0 spiro atoms. The van der Waals surface area contributed by atoms with Crippen LogP contribution in [0, 0.1) is 5.92 Å². The number of aryl methyl sites for hydroxylation is 1. The van der Waals surface area contributed by atoms with E-state index in [1.807, 2.05) is 0 Å². The predicted molar refractivity (Wildman–Crippen MR) is 76.5 cm³/mol. The van der Waals surface area contributed by atoms with Gasteiger partial charge in [0.05, 0.1) is 5.69 Å². The van der Waals surface area contributed by atoms with Crippen molar-refractivity contribution in [2.24, 2.45) is 5.92 Å². The summed E-state index contributed by atoms with van der Waals surface area (Å²) in [6.45, 7) is 4.30. The summed E-state index contributed by atoms with van der Waals surface area (Å²) in [5.74, 6) is 1.98. The number of nitrogens with zero attached hydrogens (tertiary/aromatic N) is 4. The molecule has 1 unspecified atom stereocenters. The summed E-state index contributed by atoms with van der Waals surface area (Å²) in [6.07, 6.45) is 5.28. The van der Waals surface area contributed by atoms with Gasteiger partial charge in [-0.15, -0.1) is 5.10 Å². The smallest absolute Gasteiger partial charge is 0.271 e. The Labute approximate surface area is 122 Å². The zero-order chi connectivity index (χ0) is 13.8. The minimum Gasteiger partial charge on any atom is -0.333 e. The van der Waals surface area contributed by atoms with Gasteiger partial charge in [-0.1, -0.05) is 23.0 Å². The average molecular weight is 293 g/mol. The van der Waals surface area contributed by atoms with Crippen LogP contribution in [0.5, 0.6) is 0 Å². The van der Waals surface area contributed by atoms with Crippen molar-refractivity contribution in [2.75, 3.05) is 13.1 Å². The van der Waals surface area contributed by atoms with Gasteiger partial charge in [-0.05, 0) is 49.8 Å². The number of rotatable bonds is 5. The molecule has 0 aliphatic carbocycles. The Balaban J connectivity index is 1.70. The Hall–Kier alpha value is -1.34. The molecular formula is C13H19N5OS. The third kappa shape index (κ3) is 3.04. The largest absolute Gasteiger partial charge is 0.333 e. The predicted octanol–water partition coefficient (Wildman–Crippen LogP) is 2.08. The third-order valence-corrected chi connectivity index (χ3v) is 4.33. The molecule has 0 bridgehead atoms. The summed E-state index contributed by atoms with van der Waals surface area (Å²) in [4.78, 5) is 5.44. The first-order valence-corrected chi connectivity index (χ1v) is 7.99. The van der Waals surface area contributed by atoms with Crippen LogP contribution < -0.4 is 5.32 Å². The molecular weight excluding hydrogens is 274 g/mol. The molecule has 3 rings (SSSR count). The summed E-state index contributed by atoms with van der Waals surface area (Å²) in [5.41, 5.74) is 0.965. The van der Waals surface area contributed by atoms with Crippen molar-refractivity contribution in [3.8, 4) is 10.8 Å². The number of aromatic nitrogens is 4. The van der Waals surface area contributed by atoms with Gasteiger partial charge in [-0.25, -0.2) is 0 Å². The van der Waals surface area contributed by atoms with Crippen LogP contribution >= 0.6 is 11.5 Å². The zero-order valence-electron chi connectivity index (χ0n) is 11.6. The Morgan fingerprint density at radius 1 is 1.45 bits per heavy atom. The van der Waals surface area contributed by atoms with E-state index >= 15 is 0 Å². The van der Waals surface area contributed by atoms with Crippen LogP contribution in [-0.2, 0) is 12.8 Å². The van der Waals surface area contributed by atoms with Gasteiger partial charge in [0.25, 0.3) is 5.89 Å². The highest BCUT2D eigenvalue weighted by molar-refractivity contribution is 7.09.